The molecule has 1 heterocycles. The number of hydrogen-bond donors (Lipinski definition) is 2. The number of terminal acetylenes is 1. The van der Waals surface area contributed by atoms with Crippen molar-refractivity contribution in [3.63, 3.8) is 0 Å². The highest BCUT2D eigenvalue weighted by Crippen LogP contribution is 2.56. The molecule has 23 heavy (non-hydrogen) atoms. The molecule has 2 N–H and O–H groups in total. The van der Waals surface area contributed by atoms with Crippen molar-refractivity contribution in [2.75, 3.05) is 20.2 Å². The van der Waals surface area contributed by atoms with E-state index in [2.05, 4.69) is 10.8 Å². The zero-order valence-electron chi connectivity index (χ0n) is 14.3. The molecule has 2 rings (SSSR count). The SMILES string of the molecule is C#C/C(=C(C)\C=C/CO)C12CCN(C)C(C)C1(O)CCC(=O)C2. The summed E-state index contributed by atoms with van der Waals surface area (Å²) >= 11 is 0. The molecule has 0 amide bonds. The summed E-state index contributed by atoms with van der Waals surface area (Å²) in [4.78, 5) is 14.4. The van der Waals surface area contributed by atoms with Gasteiger partial charge in [-0.05, 0) is 45.9 Å². The summed E-state index contributed by atoms with van der Waals surface area (Å²) < 4.78 is 0. The number of Topliss-reactive ketones (excluding diaryl/α,β-unsaturated/α-hetero) is 1. The maximum Gasteiger partial charge on any atom is 0.134 e. The Kier molecular flexibility index (Phi) is 5.15. The highest BCUT2D eigenvalue weighted by atomic mass is 16.3. The van der Waals surface area contributed by atoms with E-state index in [1.54, 1.807) is 12.2 Å². The van der Waals surface area contributed by atoms with Gasteiger partial charge < -0.3 is 15.1 Å². The number of rotatable bonds is 3. The van der Waals surface area contributed by atoms with Crippen LogP contribution in [0.4, 0.5) is 0 Å². The normalized spacial score (nSPS) is 36.5. The van der Waals surface area contributed by atoms with Gasteiger partial charge in [0.2, 0.25) is 0 Å². The number of aliphatic hydroxyl groups excluding tert-OH is 1. The van der Waals surface area contributed by atoms with Crippen molar-refractivity contribution in [3.8, 4) is 12.3 Å². The van der Waals surface area contributed by atoms with Gasteiger partial charge in [-0.25, -0.2) is 0 Å². The predicted molar refractivity (Wildman–Crippen MR) is 90.7 cm³/mol. The number of allylic oxidation sites excluding steroid dienone is 2. The number of likely N-dealkylation sites (N-methyl/N-ethyl adjacent to an activating group) is 1. The Balaban J connectivity index is 2.62. The van der Waals surface area contributed by atoms with Crippen LogP contribution in [-0.2, 0) is 4.79 Å². The molecule has 0 aromatic heterocycles. The maximum atomic E-state index is 12.2. The van der Waals surface area contributed by atoms with Gasteiger partial charge in [-0.15, -0.1) is 6.42 Å². The number of ketones is 1. The zero-order chi connectivity index (χ0) is 17.3. The molecule has 0 aromatic rings. The van der Waals surface area contributed by atoms with Gasteiger partial charge >= 0.3 is 0 Å². The van der Waals surface area contributed by atoms with E-state index in [1.165, 1.54) is 0 Å². The number of carbonyl (C=O) groups is 1. The molecular formula is C19H27NO3. The first-order valence-electron chi connectivity index (χ1n) is 8.22. The van der Waals surface area contributed by atoms with Crippen LogP contribution in [0.15, 0.2) is 23.3 Å². The molecule has 1 saturated carbocycles. The van der Waals surface area contributed by atoms with Crippen LogP contribution in [0, 0.1) is 17.8 Å². The number of nitrogens with zero attached hydrogens (tertiary/aromatic N) is 1. The van der Waals surface area contributed by atoms with E-state index in [4.69, 9.17) is 11.5 Å². The summed E-state index contributed by atoms with van der Waals surface area (Å²) in [6.45, 7) is 4.62. The first kappa shape index (κ1) is 17.9. The van der Waals surface area contributed by atoms with Crippen LogP contribution in [0.2, 0.25) is 0 Å². The Bertz CT molecular complexity index is 586. The first-order valence-corrected chi connectivity index (χ1v) is 8.22. The van der Waals surface area contributed by atoms with Gasteiger partial charge in [-0.3, -0.25) is 4.79 Å². The Labute approximate surface area is 138 Å². The maximum absolute atomic E-state index is 12.2. The minimum atomic E-state index is -1.01. The van der Waals surface area contributed by atoms with Crippen LogP contribution in [-0.4, -0.2) is 52.7 Å². The molecule has 1 aliphatic carbocycles. The van der Waals surface area contributed by atoms with Gasteiger partial charge in [0, 0.05) is 29.9 Å². The van der Waals surface area contributed by atoms with E-state index in [1.807, 2.05) is 20.9 Å². The Morgan fingerprint density at radius 2 is 2.22 bits per heavy atom. The molecule has 126 valence electrons. The third kappa shape index (κ3) is 2.78. The Morgan fingerprint density at radius 1 is 1.52 bits per heavy atom. The van der Waals surface area contributed by atoms with E-state index in [0.29, 0.717) is 31.3 Å². The Hall–Kier alpha value is -1.41. The van der Waals surface area contributed by atoms with Crippen molar-refractivity contribution in [3.05, 3.63) is 23.3 Å². The molecule has 4 nitrogen and oxygen atoms in total. The van der Waals surface area contributed by atoms with Gasteiger partial charge in [-0.2, -0.15) is 0 Å². The van der Waals surface area contributed by atoms with E-state index < -0.39 is 11.0 Å². The number of carbonyl (C=O) groups excluding carboxylic acids is 1. The lowest BCUT2D eigenvalue weighted by Crippen LogP contribution is -2.67. The highest BCUT2D eigenvalue weighted by molar-refractivity contribution is 5.82. The lowest BCUT2D eigenvalue weighted by atomic mass is 9.53. The molecule has 1 aliphatic heterocycles. The molecule has 0 aromatic carbocycles. The van der Waals surface area contributed by atoms with Crippen molar-refractivity contribution in [1.82, 2.24) is 4.90 Å². The summed E-state index contributed by atoms with van der Waals surface area (Å²) in [5, 5.41) is 20.6. The number of aliphatic hydroxyl groups is 2. The summed E-state index contributed by atoms with van der Waals surface area (Å²) in [5.41, 5.74) is -0.166. The topological polar surface area (TPSA) is 60.8 Å². The van der Waals surface area contributed by atoms with Gasteiger partial charge in [0.05, 0.1) is 12.2 Å². The smallest absolute Gasteiger partial charge is 0.134 e. The zero-order valence-corrected chi connectivity index (χ0v) is 14.3. The fraction of sp³-hybridized carbons (Fsp3) is 0.632. The average molecular weight is 317 g/mol. The molecule has 2 aliphatic rings. The van der Waals surface area contributed by atoms with E-state index in [-0.39, 0.29) is 18.4 Å². The number of hydrogen-bond acceptors (Lipinski definition) is 4. The van der Waals surface area contributed by atoms with Crippen molar-refractivity contribution < 1.29 is 15.0 Å². The summed E-state index contributed by atoms with van der Waals surface area (Å²) in [6, 6.07) is -0.0673. The lowest BCUT2D eigenvalue weighted by molar-refractivity contribution is -0.174. The van der Waals surface area contributed by atoms with E-state index in [0.717, 1.165) is 12.1 Å². The minimum Gasteiger partial charge on any atom is -0.392 e. The largest absolute Gasteiger partial charge is 0.392 e. The number of likely N-dealkylation sites (tertiary alicyclic amines) is 1. The second kappa shape index (κ2) is 6.60. The molecule has 1 saturated heterocycles. The quantitative estimate of drug-likeness (QED) is 0.614. The van der Waals surface area contributed by atoms with E-state index in [9.17, 15) is 9.90 Å². The van der Waals surface area contributed by atoms with Crippen molar-refractivity contribution in [1.29, 1.82) is 0 Å². The molecule has 0 spiro atoms. The van der Waals surface area contributed by atoms with Crippen molar-refractivity contribution >= 4 is 5.78 Å². The average Bonchev–Trinajstić information content (AvgIpc) is 2.52. The molecule has 2 fully saturated rings. The van der Waals surface area contributed by atoms with Crippen LogP contribution in [0.1, 0.15) is 39.5 Å². The Morgan fingerprint density at radius 3 is 2.83 bits per heavy atom. The predicted octanol–water partition coefficient (Wildman–Crippen LogP) is 1.68. The second-order valence-electron chi connectivity index (χ2n) is 6.92. The van der Waals surface area contributed by atoms with Gasteiger partial charge in [0.15, 0.2) is 0 Å². The molecule has 3 atom stereocenters. The van der Waals surface area contributed by atoms with Crippen LogP contribution in [0.25, 0.3) is 0 Å². The van der Waals surface area contributed by atoms with Crippen molar-refractivity contribution in [2.45, 2.75) is 51.2 Å². The summed E-state index contributed by atoms with van der Waals surface area (Å²) in [5.74, 6) is 2.93. The molecule has 0 radical (unpaired) electrons. The van der Waals surface area contributed by atoms with Gasteiger partial charge in [0.25, 0.3) is 0 Å². The van der Waals surface area contributed by atoms with Crippen LogP contribution in [0.3, 0.4) is 0 Å². The summed E-state index contributed by atoms with van der Waals surface area (Å²) in [6.07, 6.45) is 11.0. The standard InChI is InChI=1S/C19H27NO3/c1-5-17(14(2)7-6-12-21)18-10-11-20(4)15(3)19(18,23)9-8-16(22)13-18/h1,6-7,15,21,23H,8-13H2,2-4H3/b7-6-,17-14+. The van der Waals surface area contributed by atoms with Crippen molar-refractivity contribution in [2.24, 2.45) is 5.41 Å². The van der Waals surface area contributed by atoms with E-state index >= 15 is 0 Å². The fourth-order valence-electron chi connectivity index (χ4n) is 4.36. The van der Waals surface area contributed by atoms with Gasteiger partial charge in [-0.1, -0.05) is 18.1 Å². The van der Waals surface area contributed by atoms with Crippen LogP contribution >= 0.6 is 0 Å². The van der Waals surface area contributed by atoms with Gasteiger partial charge in [0.1, 0.15) is 5.78 Å². The first-order chi connectivity index (χ1) is 10.8. The summed E-state index contributed by atoms with van der Waals surface area (Å²) in [7, 11) is 2.00. The molecular weight excluding hydrogens is 290 g/mol. The third-order valence-corrected chi connectivity index (χ3v) is 5.85. The fourth-order valence-corrected chi connectivity index (χ4v) is 4.36. The van der Waals surface area contributed by atoms with Crippen LogP contribution < -0.4 is 0 Å². The molecule has 4 heteroatoms. The minimum absolute atomic E-state index is 0.0650. The molecule has 3 unspecified atom stereocenters. The number of fused-ring (bicyclic) bond motifs is 1. The second-order valence-corrected chi connectivity index (χ2v) is 6.92. The monoisotopic (exact) mass is 317 g/mol. The number of piperidine rings is 1. The van der Waals surface area contributed by atoms with Crippen LogP contribution in [0.5, 0.6) is 0 Å². The highest BCUT2D eigenvalue weighted by Gasteiger charge is 2.61. The molecule has 0 bridgehead atoms. The lowest BCUT2D eigenvalue weighted by Gasteiger charge is -2.59. The third-order valence-electron chi connectivity index (χ3n) is 5.85.